The molecule has 0 aromatic heterocycles. The lowest BCUT2D eigenvalue weighted by Crippen LogP contribution is -2.38. The van der Waals surface area contributed by atoms with E-state index in [0.29, 0.717) is 11.3 Å². The highest BCUT2D eigenvalue weighted by molar-refractivity contribution is 9.10. The van der Waals surface area contributed by atoms with Gasteiger partial charge in [-0.15, -0.1) is 0 Å². The number of hydrogen-bond donors (Lipinski definition) is 3. The Morgan fingerprint density at radius 2 is 2.16 bits per heavy atom. The van der Waals surface area contributed by atoms with Gasteiger partial charge in [0.2, 0.25) is 0 Å². The minimum Gasteiger partial charge on any atom is -0.481 e. The third-order valence-corrected chi connectivity index (χ3v) is 3.65. The van der Waals surface area contributed by atoms with Crippen molar-refractivity contribution in [1.29, 1.82) is 0 Å². The van der Waals surface area contributed by atoms with Crippen LogP contribution in [0.3, 0.4) is 0 Å². The number of benzene rings is 1. The Kier molecular flexibility index (Phi) is 4.09. The third kappa shape index (κ3) is 3.70. The van der Waals surface area contributed by atoms with E-state index in [4.69, 9.17) is 10.8 Å². The van der Waals surface area contributed by atoms with Gasteiger partial charge in [-0.2, -0.15) is 0 Å². The Morgan fingerprint density at radius 1 is 1.47 bits per heavy atom. The molecule has 6 heteroatoms. The highest BCUT2D eigenvalue weighted by atomic mass is 79.9. The summed E-state index contributed by atoms with van der Waals surface area (Å²) in [5.74, 6) is -0.944. The summed E-state index contributed by atoms with van der Waals surface area (Å²) in [5.41, 5.74) is 6.53. The van der Waals surface area contributed by atoms with E-state index < -0.39 is 5.97 Å². The summed E-state index contributed by atoms with van der Waals surface area (Å²) >= 11 is 3.27. The number of hydrogen-bond acceptors (Lipinski definition) is 3. The smallest absolute Gasteiger partial charge is 0.305 e. The molecule has 1 unspecified atom stereocenters. The van der Waals surface area contributed by atoms with Gasteiger partial charge in [0.25, 0.3) is 5.91 Å². The molecule has 0 bridgehead atoms. The molecule has 1 atom stereocenters. The highest BCUT2D eigenvalue weighted by Crippen LogP contribution is 2.34. The average Bonchev–Trinajstić information content (AvgIpc) is 3.10. The van der Waals surface area contributed by atoms with Gasteiger partial charge in [-0.3, -0.25) is 9.59 Å². The molecule has 0 spiro atoms. The Bertz CT molecular complexity index is 515. The van der Waals surface area contributed by atoms with Crippen molar-refractivity contribution in [2.24, 2.45) is 5.92 Å². The number of carbonyl (C=O) groups is 2. The summed E-state index contributed by atoms with van der Waals surface area (Å²) < 4.78 is 0.797. The van der Waals surface area contributed by atoms with Crippen LogP contribution in [0.2, 0.25) is 0 Å². The zero-order chi connectivity index (χ0) is 14.0. The minimum absolute atomic E-state index is 0.0488. The number of carboxylic acid groups (broad SMARTS) is 1. The van der Waals surface area contributed by atoms with Gasteiger partial charge in [0.1, 0.15) is 0 Å². The molecule has 0 saturated heterocycles. The zero-order valence-electron chi connectivity index (χ0n) is 10.2. The van der Waals surface area contributed by atoms with Crippen LogP contribution in [0.15, 0.2) is 22.7 Å². The summed E-state index contributed by atoms with van der Waals surface area (Å²) in [4.78, 5) is 22.9. The third-order valence-electron chi connectivity index (χ3n) is 3.16. The molecule has 0 heterocycles. The Hall–Kier alpha value is -1.56. The van der Waals surface area contributed by atoms with Crippen LogP contribution >= 0.6 is 15.9 Å². The van der Waals surface area contributed by atoms with E-state index in [0.717, 1.165) is 17.3 Å². The second-order valence-corrected chi connectivity index (χ2v) is 5.66. The van der Waals surface area contributed by atoms with Crippen LogP contribution in [-0.2, 0) is 4.79 Å². The first-order valence-corrected chi connectivity index (χ1v) is 6.84. The molecule has 4 N–H and O–H groups in total. The Labute approximate surface area is 119 Å². The van der Waals surface area contributed by atoms with Gasteiger partial charge in [-0.05, 0) is 37.0 Å². The topological polar surface area (TPSA) is 92.4 Å². The molecule has 1 aromatic rings. The van der Waals surface area contributed by atoms with Gasteiger partial charge in [-0.25, -0.2) is 0 Å². The maximum Gasteiger partial charge on any atom is 0.305 e. The van der Waals surface area contributed by atoms with Crippen LogP contribution in [0.1, 0.15) is 29.6 Å². The molecule has 1 aromatic carbocycles. The van der Waals surface area contributed by atoms with Gasteiger partial charge >= 0.3 is 5.97 Å². The number of nitrogens with two attached hydrogens (primary N) is 1. The van der Waals surface area contributed by atoms with Crippen molar-refractivity contribution in [1.82, 2.24) is 5.32 Å². The number of rotatable bonds is 5. The SMILES string of the molecule is Nc1cc(Br)ccc1C(=O)NC(CC(=O)O)C1CC1. The first kappa shape index (κ1) is 13.9. The monoisotopic (exact) mass is 326 g/mol. The lowest BCUT2D eigenvalue weighted by atomic mass is 10.1. The van der Waals surface area contributed by atoms with E-state index in [2.05, 4.69) is 21.2 Å². The van der Waals surface area contributed by atoms with E-state index in [9.17, 15) is 9.59 Å². The quantitative estimate of drug-likeness (QED) is 0.722. The van der Waals surface area contributed by atoms with Crippen molar-refractivity contribution in [3.05, 3.63) is 28.2 Å². The molecule has 1 saturated carbocycles. The van der Waals surface area contributed by atoms with Crippen molar-refractivity contribution in [3.8, 4) is 0 Å². The molecule has 102 valence electrons. The number of amides is 1. The van der Waals surface area contributed by atoms with Crippen LogP contribution in [-0.4, -0.2) is 23.0 Å². The maximum atomic E-state index is 12.1. The zero-order valence-corrected chi connectivity index (χ0v) is 11.8. The largest absolute Gasteiger partial charge is 0.481 e. The van der Waals surface area contributed by atoms with Crippen LogP contribution in [0.25, 0.3) is 0 Å². The first-order valence-electron chi connectivity index (χ1n) is 6.05. The van der Waals surface area contributed by atoms with Crippen molar-refractivity contribution in [2.45, 2.75) is 25.3 Å². The maximum absolute atomic E-state index is 12.1. The molecule has 0 aliphatic heterocycles. The molecule has 5 nitrogen and oxygen atoms in total. The van der Waals surface area contributed by atoms with Gasteiger partial charge in [-0.1, -0.05) is 15.9 Å². The summed E-state index contributed by atoms with van der Waals surface area (Å²) in [5, 5.41) is 11.6. The summed E-state index contributed by atoms with van der Waals surface area (Å²) in [6, 6.07) is 4.69. The Balaban J connectivity index is 2.08. The first-order chi connectivity index (χ1) is 8.97. The minimum atomic E-state index is -0.902. The van der Waals surface area contributed by atoms with E-state index in [1.165, 1.54) is 0 Å². The van der Waals surface area contributed by atoms with Crippen LogP contribution < -0.4 is 11.1 Å². The molecular formula is C13H15BrN2O3. The molecule has 1 aliphatic carbocycles. The molecular weight excluding hydrogens is 312 g/mol. The second kappa shape index (κ2) is 5.61. The van der Waals surface area contributed by atoms with Gasteiger partial charge in [0.15, 0.2) is 0 Å². The highest BCUT2D eigenvalue weighted by Gasteiger charge is 2.34. The lowest BCUT2D eigenvalue weighted by Gasteiger charge is -2.17. The van der Waals surface area contributed by atoms with Crippen LogP contribution in [0.5, 0.6) is 0 Å². The second-order valence-electron chi connectivity index (χ2n) is 4.75. The fourth-order valence-corrected chi connectivity index (χ4v) is 2.39. The average molecular weight is 327 g/mol. The van der Waals surface area contributed by atoms with Crippen molar-refractivity contribution >= 4 is 33.5 Å². The van der Waals surface area contributed by atoms with E-state index in [1.807, 2.05) is 0 Å². The van der Waals surface area contributed by atoms with Gasteiger partial charge < -0.3 is 16.2 Å². The van der Waals surface area contributed by atoms with Crippen LogP contribution in [0.4, 0.5) is 5.69 Å². The van der Waals surface area contributed by atoms with Crippen molar-refractivity contribution in [2.75, 3.05) is 5.73 Å². The molecule has 19 heavy (non-hydrogen) atoms. The standard InChI is InChI=1S/C13H15BrN2O3/c14-8-3-4-9(10(15)5-8)13(19)16-11(6-12(17)18)7-1-2-7/h3-5,7,11H,1-2,6,15H2,(H,16,19)(H,17,18). The number of anilines is 1. The molecule has 2 rings (SSSR count). The molecule has 1 fully saturated rings. The van der Waals surface area contributed by atoms with Crippen molar-refractivity contribution in [3.63, 3.8) is 0 Å². The summed E-state index contributed by atoms with van der Waals surface area (Å²) in [6.45, 7) is 0. The molecule has 0 radical (unpaired) electrons. The number of halogens is 1. The fraction of sp³-hybridized carbons (Fsp3) is 0.385. The van der Waals surface area contributed by atoms with Crippen molar-refractivity contribution < 1.29 is 14.7 Å². The molecule has 1 aliphatic rings. The van der Waals surface area contributed by atoms with Crippen LogP contribution in [0, 0.1) is 5.92 Å². The number of carbonyl (C=O) groups excluding carboxylic acids is 1. The predicted molar refractivity (Wildman–Crippen MR) is 74.8 cm³/mol. The normalized spacial score (nSPS) is 15.8. The lowest BCUT2D eigenvalue weighted by molar-refractivity contribution is -0.137. The molecule has 1 amide bonds. The number of nitrogens with one attached hydrogen (secondary N) is 1. The Morgan fingerprint density at radius 3 is 2.68 bits per heavy atom. The number of nitrogen functional groups attached to an aromatic ring is 1. The number of aliphatic carboxylic acids is 1. The van der Waals surface area contributed by atoms with Gasteiger partial charge in [0.05, 0.1) is 12.0 Å². The summed E-state index contributed by atoms with van der Waals surface area (Å²) in [7, 11) is 0. The number of carboxylic acids is 1. The van der Waals surface area contributed by atoms with E-state index >= 15 is 0 Å². The van der Waals surface area contributed by atoms with Gasteiger partial charge in [0, 0.05) is 16.2 Å². The fourth-order valence-electron chi connectivity index (χ4n) is 2.01. The predicted octanol–water partition coefficient (Wildman–Crippen LogP) is 2.01. The van der Waals surface area contributed by atoms with E-state index in [1.54, 1.807) is 18.2 Å². The summed E-state index contributed by atoms with van der Waals surface area (Å²) in [6.07, 6.45) is 1.88. The van der Waals surface area contributed by atoms with E-state index in [-0.39, 0.29) is 24.3 Å².